The fourth-order valence-electron chi connectivity index (χ4n) is 0.327. The Morgan fingerprint density at radius 1 is 1.78 bits per heavy atom. The number of nitrogens with two attached hydrogens (primary N) is 1. The van der Waals surface area contributed by atoms with Gasteiger partial charge < -0.3 is 22.1 Å². The van der Waals surface area contributed by atoms with E-state index in [0.717, 1.165) is 4.34 Å². The molecule has 1 radical (unpaired) electrons. The van der Waals surface area contributed by atoms with Crippen LogP contribution < -0.4 is 5.73 Å². The van der Waals surface area contributed by atoms with Crippen molar-refractivity contribution in [2.24, 2.45) is 0 Å². The molecule has 0 amide bonds. The van der Waals surface area contributed by atoms with Gasteiger partial charge in [0.1, 0.15) is 0 Å². The third-order valence-corrected chi connectivity index (χ3v) is 2.40. The van der Waals surface area contributed by atoms with E-state index in [2.05, 4.69) is 10.4 Å². The third kappa shape index (κ3) is 3.22. The quantitative estimate of drug-likeness (QED) is 0.596. The van der Waals surface area contributed by atoms with Gasteiger partial charge in [0.25, 0.3) is 0 Å². The van der Waals surface area contributed by atoms with Crippen molar-refractivity contribution in [1.82, 2.24) is 4.98 Å². The van der Waals surface area contributed by atoms with Crippen molar-refractivity contribution in [2.75, 3.05) is 12.0 Å². The second kappa shape index (κ2) is 4.95. The number of nitrogen functional groups attached to an aromatic ring is 1. The minimum absolute atomic E-state index is 0. The molecule has 0 unspecified atom stereocenters. The van der Waals surface area contributed by atoms with Crippen LogP contribution in [0.5, 0.6) is 0 Å². The molecule has 0 aromatic carbocycles. The zero-order valence-electron chi connectivity index (χ0n) is 4.92. The summed E-state index contributed by atoms with van der Waals surface area (Å²) >= 11 is 3.04. The summed E-state index contributed by atoms with van der Waals surface area (Å²) in [4.78, 5) is 3.93. The van der Waals surface area contributed by atoms with E-state index in [1.165, 1.54) is 11.3 Å². The second-order valence-electron chi connectivity index (χ2n) is 1.17. The van der Waals surface area contributed by atoms with E-state index in [0.29, 0.717) is 5.82 Å². The molecule has 0 spiro atoms. The predicted molar refractivity (Wildman–Crippen MR) is 37.1 cm³/mol. The summed E-state index contributed by atoms with van der Waals surface area (Å²) in [5, 5.41) is 2.81. The van der Waals surface area contributed by atoms with Crippen molar-refractivity contribution >= 4 is 28.9 Å². The van der Waals surface area contributed by atoms with Gasteiger partial charge >= 0.3 is 0 Å². The van der Waals surface area contributed by atoms with Crippen molar-refractivity contribution < 1.29 is 44.1 Å². The van der Waals surface area contributed by atoms with Crippen LogP contribution in [0.25, 0.3) is 0 Å². The number of aromatic nitrogens is 1. The summed E-state index contributed by atoms with van der Waals surface area (Å²) in [6.45, 7) is 0. The molecule has 9 heavy (non-hydrogen) atoms. The summed E-state index contributed by atoms with van der Waals surface area (Å²) in [5.41, 5.74) is 5.28. The Bertz CT molecular complexity index is 177. The fourth-order valence-corrected chi connectivity index (χ4v) is 1.36. The van der Waals surface area contributed by atoms with E-state index in [9.17, 15) is 0 Å². The molecule has 1 heterocycles. The Hall–Kier alpha value is 1.22. The number of nitrogens with zero attached hydrogens (tertiary/aromatic N) is 1. The van der Waals surface area contributed by atoms with E-state index in [1.807, 2.05) is 6.26 Å². The molecule has 0 aliphatic carbocycles. The molecule has 2 N–H and O–H groups in total. The smallest absolute Gasteiger partial charge is 0.0208 e. The average molecular weight is 372 g/mol. The van der Waals surface area contributed by atoms with Crippen LogP contribution in [0, 0.1) is 49.4 Å². The Morgan fingerprint density at radius 3 is 2.67 bits per heavy atom. The number of hydrogen-bond donors (Lipinski definition) is 1. The van der Waals surface area contributed by atoms with E-state index in [1.54, 1.807) is 11.8 Å². The van der Waals surface area contributed by atoms with Crippen molar-refractivity contribution in [3.63, 3.8) is 0 Å². The Morgan fingerprint density at radius 2 is 2.44 bits per heavy atom. The molecular weight excluding hydrogens is 367 g/mol. The summed E-state index contributed by atoms with van der Waals surface area (Å²) < 4.78 is 0.975. The van der Waals surface area contributed by atoms with Gasteiger partial charge in [0.2, 0.25) is 0 Å². The first kappa shape index (κ1) is 10.2. The summed E-state index contributed by atoms with van der Waals surface area (Å²) in [6.07, 6.45) is 1.96. The Kier molecular flexibility index (Phi) is 5.62. The maximum Gasteiger partial charge on any atom is 0.0208 e. The van der Waals surface area contributed by atoms with E-state index in [4.69, 9.17) is 5.73 Å². The van der Waals surface area contributed by atoms with Crippen LogP contribution in [-0.2, 0) is 0 Å². The van der Waals surface area contributed by atoms with Crippen molar-refractivity contribution in [1.29, 1.82) is 0 Å². The van der Waals surface area contributed by atoms with Crippen LogP contribution in [0.15, 0.2) is 4.34 Å². The molecule has 0 saturated heterocycles. The zero-order valence-corrected chi connectivity index (χ0v) is 11.3. The van der Waals surface area contributed by atoms with Gasteiger partial charge in [0.15, 0.2) is 0 Å². The maximum absolute atomic E-state index is 5.28. The summed E-state index contributed by atoms with van der Waals surface area (Å²) in [6, 6.07) is 0. The van der Waals surface area contributed by atoms with Crippen molar-refractivity contribution in [2.45, 2.75) is 4.34 Å². The van der Waals surface area contributed by atoms with Gasteiger partial charge in [-0.15, -0.1) is 5.38 Å². The SMILES string of the molecule is CSc1nc(N)[c-]s1.[Ac]. The van der Waals surface area contributed by atoms with E-state index < -0.39 is 0 Å². The zero-order chi connectivity index (χ0) is 5.98. The molecule has 2 nitrogen and oxygen atoms in total. The van der Waals surface area contributed by atoms with Gasteiger partial charge in [-0.3, -0.25) is 0 Å². The topological polar surface area (TPSA) is 38.9 Å². The Labute approximate surface area is 98.2 Å². The summed E-state index contributed by atoms with van der Waals surface area (Å²) in [7, 11) is 0. The van der Waals surface area contributed by atoms with Crippen LogP contribution in [-0.4, -0.2) is 11.2 Å². The largest absolute Gasteiger partial charge is 0.400 e. The third-order valence-electron chi connectivity index (χ3n) is 0.629. The van der Waals surface area contributed by atoms with Crippen molar-refractivity contribution in [3.05, 3.63) is 5.38 Å². The Balaban J connectivity index is 0.000000640. The minimum atomic E-state index is 0. The number of anilines is 1. The molecule has 0 aliphatic heterocycles. The number of rotatable bonds is 1. The fraction of sp³-hybridized carbons (Fsp3) is 0.250. The molecule has 1 aromatic rings. The van der Waals surface area contributed by atoms with Gasteiger partial charge in [-0.1, -0.05) is 0 Å². The second-order valence-corrected chi connectivity index (χ2v) is 3.02. The van der Waals surface area contributed by atoms with Crippen LogP contribution in [0.4, 0.5) is 5.82 Å². The average Bonchev–Trinajstić information content (AvgIpc) is 2.14. The first-order valence-corrected chi connectivity index (χ1v) is 4.05. The molecule has 1 aromatic heterocycles. The maximum atomic E-state index is 5.28. The van der Waals surface area contributed by atoms with Gasteiger partial charge in [-0.2, -0.15) is 0 Å². The minimum Gasteiger partial charge on any atom is -0.400 e. The molecule has 1 rings (SSSR count). The normalized spacial score (nSPS) is 8.56. The molecule has 0 saturated carbocycles. The molecule has 0 bridgehead atoms. The number of hydrogen-bond acceptors (Lipinski definition) is 4. The van der Waals surface area contributed by atoms with Crippen LogP contribution in [0.3, 0.4) is 0 Å². The monoisotopic (exact) mass is 372 g/mol. The number of thioether (sulfide) groups is 1. The molecular formula is C4H5AcN2S2-. The molecule has 47 valence electrons. The summed E-state index contributed by atoms with van der Waals surface area (Å²) in [5.74, 6) is 0.499. The molecule has 0 fully saturated rings. The standard InChI is InChI=1S/C4H5N2S2.Ac/c1-7-4-6-3(5)2-8-4;/h5H2,1H3;/q-1;. The van der Waals surface area contributed by atoms with Gasteiger partial charge in [0.05, 0.1) is 0 Å². The molecule has 0 aliphatic rings. The van der Waals surface area contributed by atoms with Gasteiger partial charge in [0, 0.05) is 49.9 Å². The van der Waals surface area contributed by atoms with Crippen LogP contribution >= 0.6 is 23.1 Å². The first-order chi connectivity index (χ1) is 3.83. The van der Waals surface area contributed by atoms with E-state index in [-0.39, 0.29) is 44.1 Å². The van der Waals surface area contributed by atoms with Crippen molar-refractivity contribution in [3.8, 4) is 0 Å². The number of thiazole rings is 1. The van der Waals surface area contributed by atoms with Gasteiger partial charge in [-0.25, -0.2) is 11.8 Å². The van der Waals surface area contributed by atoms with Gasteiger partial charge in [-0.05, 0) is 10.6 Å². The first-order valence-electron chi connectivity index (χ1n) is 2.01. The molecule has 5 heteroatoms. The molecule has 0 atom stereocenters. The van der Waals surface area contributed by atoms with Crippen LogP contribution in [0.2, 0.25) is 0 Å². The van der Waals surface area contributed by atoms with Crippen LogP contribution in [0.1, 0.15) is 0 Å². The predicted octanol–water partition coefficient (Wildman–Crippen LogP) is 1.25. The van der Waals surface area contributed by atoms with E-state index >= 15 is 0 Å².